The van der Waals surface area contributed by atoms with Crippen LogP contribution in [0, 0.1) is 6.92 Å². The highest BCUT2D eigenvalue weighted by molar-refractivity contribution is 5.93. The third kappa shape index (κ3) is 2.71. The van der Waals surface area contributed by atoms with Gasteiger partial charge in [0, 0.05) is 25.0 Å². The van der Waals surface area contributed by atoms with E-state index in [1.807, 2.05) is 29.5 Å². The van der Waals surface area contributed by atoms with Gasteiger partial charge in [0.1, 0.15) is 11.3 Å². The molecule has 1 amide bonds. The summed E-state index contributed by atoms with van der Waals surface area (Å²) in [7, 11) is 0. The van der Waals surface area contributed by atoms with Gasteiger partial charge < -0.3 is 19.5 Å². The van der Waals surface area contributed by atoms with E-state index >= 15 is 0 Å². The molecule has 6 heteroatoms. The molecule has 0 aromatic carbocycles. The predicted molar refractivity (Wildman–Crippen MR) is 81.7 cm³/mol. The summed E-state index contributed by atoms with van der Waals surface area (Å²) in [6.07, 6.45) is 3.34. The normalized spacial score (nSPS) is 22.8. The Bertz CT molecular complexity index is 697. The van der Waals surface area contributed by atoms with Crippen LogP contribution >= 0.6 is 0 Å². The van der Waals surface area contributed by atoms with Crippen LogP contribution in [-0.4, -0.2) is 55.7 Å². The van der Waals surface area contributed by atoms with Crippen molar-refractivity contribution in [3.05, 3.63) is 35.8 Å². The lowest BCUT2D eigenvalue weighted by Gasteiger charge is -2.24. The van der Waals surface area contributed by atoms with Crippen LogP contribution in [0.1, 0.15) is 35.4 Å². The average molecular weight is 303 g/mol. The number of hydrogen-bond acceptors (Lipinski definition) is 4. The first kappa shape index (κ1) is 15.0. The molecule has 1 aliphatic rings. The Morgan fingerprint density at radius 1 is 1.36 bits per heavy atom. The number of nitrogens with zero attached hydrogens (tertiary/aromatic N) is 3. The first-order valence-corrected chi connectivity index (χ1v) is 7.60. The first-order valence-electron chi connectivity index (χ1n) is 7.60. The number of likely N-dealkylation sites (tertiary alicyclic amines) is 1. The minimum Gasteiger partial charge on any atom is -0.393 e. The number of fused-ring (bicyclic) bond motifs is 1. The van der Waals surface area contributed by atoms with Gasteiger partial charge in [-0.2, -0.15) is 0 Å². The standard InChI is InChI=1S/C16H21N3O3/c1-12-4-2-5-14-17-13(10-19(12)14)15(21)18-8-3-6-16(22,11-20)7-9-18/h2,4-5,10,20,22H,3,6-9,11H2,1H3. The number of aliphatic hydroxyl groups excluding tert-OH is 1. The van der Waals surface area contributed by atoms with E-state index < -0.39 is 5.60 Å². The maximum Gasteiger partial charge on any atom is 0.274 e. The molecule has 3 rings (SSSR count). The molecular formula is C16H21N3O3. The molecule has 0 saturated carbocycles. The number of aryl methyl sites for hydroxylation is 1. The van der Waals surface area contributed by atoms with Crippen LogP contribution in [0.15, 0.2) is 24.4 Å². The fraction of sp³-hybridized carbons (Fsp3) is 0.500. The Balaban J connectivity index is 1.82. The second-order valence-corrected chi connectivity index (χ2v) is 6.05. The van der Waals surface area contributed by atoms with Gasteiger partial charge in [0.05, 0.1) is 12.2 Å². The molecule has 0 spiro atoms. The van der Waals surface area contributed by atoms with Crippen molar-refractivity contribution in [3.63, 3.8) is 0 Å². The van der Waals surface area contributed by atoms with E-state index in [0.29, 0.717) is 38.0 Å². The van der Waals surface area contributed by atoms with Gasteiger partial charge in [-0.05, 0) is 38.3 Å². The Hall–Kier alpha value is -1.92. The second kappa shape index (κ2) is 5.70. The highest BCUT2D eigenvalue weighted by Crippen LogP contribution is 2.22. The van der Waals surface area contributed by atoms with Crippen molar-refractivity contribution in [2.45, 2.75) is 31.8 Å². The third-order valence-corrected chi connectivity index (χ3v) is 4.41. The Morgan fingerprint density at radius 3 is 2.91 bits per heavy atom. The number of pyridine rings is 1. The van der Waals surface area contributed by atoms with Gasteiger partial charge in [-0.25, -0.2) is 4.98 Å². The van der Waals surface area contributed by atoms with Gasteiger partial charge in [0.15, 0.2) is 0 Å². The zero-order chi connectivity index (χ0) is 15.7. The molecule has 2 N–H and O–H groups in total. The molecule has 0 aliphatic carbocycles. The van der Waals surface area contributed by atoms with Crippen LogP contribution in [0.3, 0.4) is 0 Å². The molecule has 118 valence electrons. The summed E-state index contributed by atoms with van der Waals surface area (Å²) < 4.78 is 1.90. The number of aliphatic hydroxyl groups is 2. The molecule has 22 heavy (non-hydrogen) atoms. The molecule has 2 aromatic heterocycles. The van der Waals surface area contributed by atoms with Crippen molar-refractivity contribution in [3.8, 4) is 0 Å². The van der Waals surface area contributed by atoms with Crippen molar-refractivity contribution in [2.75, 3.05) is 19.7 Å². The average Bonchev–Trinajstić information content (AvgIpc) is 2.86. The molecule has 2 aromatic rings. The minimum atomic E-state index is -1.06. The quantitative estimate of drug-likeness (QED) is 0.867. The van der Waals surface area contributed by atoms with Gasteiger partial charge in [-0.1, -0.05) is 6.07 Å². The smallest absolute Gasteiger partial charge is 0.274 e. The molecular weight excluding hydrogens is 282 g/mol. The van der Waals surface area contributed by atoms with Gasteiger partial charge in [-0.15, -0.1) is 0 Å². The number of amides is 1. The second-order valence-electron chi connectivity index (χ2n) is 6.05. The lowest BCUT2D eigenvalue weighted by molar-refractivity contribution is -0.0250. The fourth-order valence-electron chi connectivity index (χ4n) is 2.95. The summed E-state index contributed by atoms with van der Waals surface area (Å²) in [6, 6.07) is 5.76. The fourth-order valence-corrected chi connectivity index (χ4v) is 2.95. The minimum absolute atomic E-state index is 0.120. The van der Waals surface area contributed by atoms with Crippen LogP contribution in [-0.2, 0) is 0 Å². The molecule has 0 radical (unpaired) electrons. The molecule has 1 fully saturated rings. The summed E-state index contributed by atoms with van der Waals surface area (Å²) >= 11 is 0. The summed E-state index contributed by atoms with van der Waals surface area (Å²) in [5.74, 6) is -0.120. The van der Waals surface area contributed by atoms with E-state index in [1.54, 1.807) is 11.1 Å². The summed E-state index contributed by atoms with van der Waals surface area (Å²) in [6.45, 7) is 2.72. The summed E-state index contributed by atoms with van der Waals surface area (Å²) in [5.41, 5.74) is 1.13. The van der Waals surface area contributed by atoms with Crippen LogP contribution < -0.4 is 0 Å². The van der Waals surface area contributed by atoms with Crippen LogP contribution in [0.2, 0.25) is 0 Å². The molecule has 1 unspecified atom stereocenters. The molecule has 6 nitrogen and oxygen atoms in total. The van der Waals surface area contributed by atoms with E-state index in [0.717, 1.165) is 11.3 Å². The van der Waals surface area contributed by atoms with Crippen molar-refractivity contribution in [1.29, 1.82) is 0 Å². The number of hydrogen-bond donors (Lipinski definition) is 2. The van der Waals surface area contributed by atoms with Crippen molar-refractivity contribution >= 4 is 11.6 Å². The van der Waals surface area contributed by atoms with Gasteiger partial charge in [0.2, 0.25) is 0 Å². The molecule has 1 atom stereocenters. The van der Waals surface area contributed by atoms with E-state index in [-0.39, 0.29) is 12.5 Å². The largest absolute Gasteiger partial charge is 0.393 e. The topological polar surface area (TPSA) is 78.1 Å². The Kier molecular flexibility index (Phi) is 3.88. The number of carbonyl (C=O) groups excluding carboxylic acids is 1. The number of imidazole rings is 1. The zero-order valence-corrected chi connectivity index (χ0v) is 12.7. The lowest BCUT2D eigenvalue weighted by Crippen LogP contribution is -2.36. The van der Waals surface area contributed by atoms with E-state index in [4.69, 9.17) is 0 Å². The molecule has 3 heterocycles. The SMILES string of the molecule is Cc1cccc2nc(C(=O)N3CCCC(O)(CO)CC3)cn12. The first-order chi connectivity index (χ1) is 10.5. The maximum atomic E-state index is 12.6. The van der Waals surface area contributed by atoms with Crippen molar-refractivity contribution in [2.24, 2.45) is 0 Å². The van der Waals surface area contributed by atoms with Gasteiger partial charge in [-0.3, -0.25) is 4.79 Å². The van der Waals surface area contributed by atoms with Gasteiger partial charge in [0.25, 0.3) is 5.91 Å². The maximum absolute atomic E-state index is 12.6. The Labute approximate surface area is 129 Å². The Morgan fingerprint density at radius 2 is 2.18 bits per heavy atom. The highest BCUT2D eigenvalue weighted by atomic mass is 16.3. The summed E-state index contributed by atoms with van der Waals surface area (Å²) in [4.78, 5) is 18.7. The highest BCUT2D eigenvalue weighted by Gasteiger charge is 2.31. The van der Waals surface area contributed by atoms with Crippen LogP contribution in [0.4, 0.5) is 0 Å². The third-order valence-electron chi connectivity index (χ3n) is 4.41. The molecule has 1 saturated heterocycles. The predicted octanol–water partition coefficient (Wildman–Crippen LogP) is 0.992. The van der Waals surface area contributed by atoms with E-state index in [2.05, 4.69) is 4.98 Å². The van der Waals surface area contributed by atoms with Crippen molar-refractivity contribution < 1.29 is 15.0 Å². The van der Waals surface area contributed by atoms with E-state index in [1.165, 1.54) is 0 Å². The zero-order valence-electron chi connectivity index (χ0n) is 12.7. The lowest BCUT2D eigenvalue weighted by atomic mass is 9.96. The molecule has 0 bridgehead atoms. The van der Waals surface area contributed by atoms with Crippen LogP contribution in [0.5, 0.6) is 0 Å². The monoisotopic (exact) mass is 303 g/mol. The summed E-state index contributed by atoms with van der Waals surface area (Å²) in [5, 5.41) is 19.4. The van der Waals surface area contributed by atoms with Crippen molar-refractivity contribution in [1.82, 2.24) is 14.3 Å². The number of carbonyl (C=O) groups is 1. The number of aromatic nitrogens is 2. The number of rotatable bonds is 2. The molecule has 1 aliphatic heterocycles. The van der Waals surface area contributed by atoms with Crippen LogP contribution in [0.25, 0.3) is 5.65 Å². The van der Waals surface area contributed by atoms with E-state index in [9.17, 15) is 15.0 Å². The van der Waals surface area contributed by atoms with Gasteiger partial charge >= 0.3 is 0 Å².